The maximum atomic E-state index is 12.3. The summed E-state index contributed by atoms with van der Waals surface area (Å²) in [5.41, 5.74) is 3.54. The van der Waals surface area contributed by atoms with Crippen molar-refractivity contribution in [3.63, 3.8) is 0 Å². The molecule has 0 aliphatic heterocycles. The zero-order valence-electron chi connectivity index (χ0n) is 11.7. The lowest BCUT2D eigenvalue weighted by Gasteiger charge is -2.26. The van der Waals surface area contributed by atoms with Crippen LogP contribution in [0.1, 0.15) is 30.5 Å². The van der Waals surface area contributed by atoms with Crippen LogP contribution in [0.25, 0.3) is 0 Å². The molecule has 1 aromatic rings. The molecule has 0 heterocycles. The number of carbonyl (C=O) groups is 1. The number of rotatable bonds is 5. The van der Waals surface area contributed by atoms with Crippen LogP contribution in [0, 0.1) is 13.8 Å². The summed E-state index contributed by atoms with van der Waals surface area (Å²) in [6, 6.07) is 6.53. The van der Waals surface area contributed by atoms with Crippen LogP contribution in [-0.4, -0.2) is 28.7 Å². The molecule has 0 bridgehead atoms. The quantitative estimate of drug-likeness (QED) is 0.762. The standard InChI is InChI=1S/C15H22BrNO/c1-11(2)17(8-7-16)15(18)10-14-9-12(3)5-6-13(14)4/h5-6,9,11H,7-8,10H2,1-4H3. The minimum absolute atomic E-state index is 0.207. The first-order valence-corrected chi connectivity index (χ1v) is 7.49. The summed E-state index contributed by atoms with van der Waals surface area (Å²) in [5, 5.41) is 0.823. The lowest BCUT2D eigenvalue weighted by atomic mass is 10.0. The Hall–Kier alpha value is -0.830. The van der Waals surface area contributed by atoms with Crippen LogP contribution in [0.3, 0.4) is 0 Å². The molecular formula is C15H22BrNO. The number of hydrogen-bond donors (Lipinski definition) is 0. The number of amides is 1. The Morgan fingerprint density at radius 1 is 1.33 bits per heavy atom. The van der Waals surface area contributed by atoms with Gasteiger partial charge in [-0.15, -0.1) is 0 Å². The maximum Gasteiger partial charge on any atom is 0.227 e. The summed E-state index contributed by atoms with van der Waals surface area (Å²) in [6.45, 7) is 9.01. The Morgan fingerprint density at radius 2 is 2.00 bits per heavy atom. The van der Waals surface area contributed by atoms with Crippen LogP contribution >= 0.6 is 15.9 Å². The van der Waals surface area contributed by atoms with E-state index in [0.717, 1.165) is 17.4 Å². The van der Waals surface area contributed by atoms with Gasteiger partial charge in [0.15, 0.2) is 0 Å². The van der Waals surface area contributed by atoms with Crippen LogP contribution in [0.5, 0.6) is 0 Å². The van der Waals surface area contributed by atoms with Crippen LogP contribution in [0.4, 0.5) is 0 Å². The normalized spacial score (nSPS) is 10.8. The fourth-order valence-electron chi connectivity index (χ4n) is 2.02. The summed E-state index contributed by atoms with van der Waals surface area (Å²) < 4.78 is 0. The van der Waals surface area contributed by atoms with Gasteiger partial charge < -0.3 is 4.90 Å². The van der Waals surface area contributed by atoms with E-state index in [4.69, 9.17) is 0 Å². The molecule has 0 atom stereocenters. The summed E-state index contributed by atoms with van der Waals surface area (Å²) in [4.78, 5) is 14.2. The van der Waals surface area contributed by atoms with Crippen molar-refractivity contribution in [3.05, 3.63) is 34.9 Å². The number of alkyl halides is 1. The average Bonchev–Trinajstić information content (AvgIpc) is 2.30. The predicted octanol–water partition coefficient (Wildman–Crippen LogP) is 3.48. The van der Waals surface area contributed by atoms with Gasteiger partial charge in [0.05, 0.1) is 6.42 Å². The number of carbonyl (C=O) groups excluding carboxylic acids is 1. The van der Waals surface area contributed by atoms with E-state index >= 15 is 0 Å². The van der Waals surface area contributed by atoms with Crippen LogP contribution in [-0.2, 0) is 11.2 Å². The second-order valence-electron chi connectivity index (χ2n) is 4.98. The van der Waals surface area contributed by atoms with Gasteiger partial charge in [-0.25, -0.2) is 0 Å². The summed E-state index contributed by atoms with van der Waals surface area (Å²) in [7, 11) is 0. The fourth-order valence-corrected chi connectivity index (χ4v) is 2.40. The van der Waals surface area contributed by atoms with Crippen molar-refractivity contribution in [1.29, 1.82) is 0 Å². The minimum Gasteiger partial charge on any atom is -0.339 e. The topological polar surface area (TPSA) is 20.3 Å². The number of hydrogen-bond acceptors (Lipinski definition) is 1. The molecule has 100 valence electrons. The Labute approximate surface area is 119 Å². The van der Waals surface area contributed by atoms with E-state index in [1.54, 1.807) is 0 Å². The second kappa shape index (κ2) is 6.93. The molecule has 0 spiro atoms. The fraction of sp³-hybridized carbons (Fsp3) is 0.533. The number of halogens is 1. The third-order valence-corrected chi connectivity index (χ3v) is 3.47. The highest BCUT2D eigenvalue weighted by Crippen LogP contribution is 2.13. The van der Waals surface area contributed by atoms with E-state index in [9.17, 15) is 4.79 Å². The molecule has 0 N–H and O–H groups in total. The molecule has 1 rings (SSSR count). The van der Waals surface area contributed by atoms with Crippen LogP contribution < -0.4 is 0 Å². The number of benzene rings is 1. The van der Waals surface area contributed by atoms with E-state index in [1.165, 1.54) is 11.1 Å². The largest absolute Gasteiger partial charge is 0.339 e. The molecule has 0 radical (unpaired) electrons. The van der Waals surface area contributed by atoms with Gasteiger partial charge >= 0.3 is 0 Å². The molecule has 18 heavy (non-hydrogen) atoms. The summed E-state index contributed by atoms with van der Waals surface area (Å²) in [5.74, 6) is 0.207. The van der Waals surface area contributed by atoms with E-state index in [1.807, 2.05) is 4.90 Å². The lowest BCUT2D eigenvalue weighted by Crippen LogP contribution is -2.39. The first kappa shape index (κ1) is 15.2. The van der Waals surface area contributed by atoms with E-state index in [-0.39, 0.29) is 11.9 Å². The second-order valence-corrected chi connectivity index (χ2v) is 5.77. The zero-order valence-corrected chi connectivity index (χ0v) is 13.3. The monoisotopic (exact) mass is 311 g/mol. The predicted molar refractivity (Wildman–Crippen MR) is 80.3 cm³/mol. The number of aryl methyl sites for hydroxylation is 2. The maximum absolute atomic E-state index is 12.3. The smallest absolute Gasteiger partial charge is 0.227 e. The van der Waals surface area contributed by atoms with E-state index in [2.05, 4.69) is 61.8 Å². The molecule has 0 fully saturated rings. The highest BCUT2D eigenvalue weighted by atomic mass is 79.9. The minimum atomic E-state index is 0.207. The van der Waals surface area contributed by atoms with Crippen molar-refractivity contribution in [2.24, 2.45) is 0 Å². The van der Waals surface area contributed by atoms with Gasteiger partial charge in [-0.1, -0.05) is 39.7 Å². The van der Waals surface area contributed by atoms with Crippen molar-refractivity contribution >= 4 is 21.8 Å². The molecule has 0 aromatic heterocycles. The molecule has 1 amide bonds. The van der Waals surface area contributed by atoms with E-state index < -0.39 is 0 Å². The third-order valence-electron chi connectivity index (χ3n) is 3.12. The van der Waals surface area contributed by atoms with Gasteiger partial charge in [0.25, 0.3) is 0 Å². The average molecular weight is 312 g/mol. The summed E-state index contributed by atoms with van der Waals surface area (Å²) >= 11 is 3.40. The zero-order chi connectivity index (χ0) is 13.7. The molecule has 0 aliphatic rings. The first-order valence-electron chi connectivity index (χ1n) is 6.37. The van der Waals surface area contributed by atoms with Gasteiger partial charge in [-0.2, -0.15) is 0 Å². The van der Waals surface area contributed by atoms with Gasteiger partial charge in [0, 0.05) is 17.9 Å². The molecule has 0 saturated heterocycles. The van der Waals surface area contributed by atoms with Crippen molar-refractivity contribution < 1.29 is 4.79 Å². The summed E-state index contributed by atoms with van der Waals surface area (Å²) in [6.07, 6.45) is 0.499. The van der Waals surface area contributed by atoms with Gasteiger partial charge in [-0.05, 0) is 38.8 Å². The van der Waals surface area contributed by atoms with Crippen LogP contribution in [0.2, 0.25) is 0 Å². The molecule has 3 heteroatoms. The highest BCUT2D eigenvalue weighted by molar-refractivity contribution is 9.09. The molecule has 2 nitrogen and oxygen atoms in total. The molecule has 0 saturated carbocycles. The molecular weight excluding hydrogens is 290 g/mol. The Kier molecular flexibility index (Phi) is 5.86. The highest BCUT2D eigenvalue weighted by Gasteiger charge is 2.17. The third kappa shape index (κ3) is 4.13. The Bertz CT molecular complexity index is 415. The van der Waals surface area contributed by atoms with Gasteiger partial charge in [-0.3, -0.25) is 4.79 Å². The molecule has 0 aliphatic carbocycles. The van der Waals surface area contributed by atoms with Crippen molar-refractivity contribution in [3.8, 4) is 0 Å². The van der Waals surface area contributed by atoms with Crippen molar-refractivity contribution in [2.75, 3.05) is 11.9 Å². The number of nitrogens with zero attached hydrogens (tertiary/aromatic N) is 1. The Morgan fingerprint density at radius 3 is 2.56 bits per heavy atom. The lowest BCUT2D eigenvalue weighted by molar-refractivity contribution is -0.131. The SMILES string of the molecule is Cc1ccc(C)c(CC(=O)N(CCBr)C(C)C)c1. The van der Waals surface area contributed by atoms with Gasteiger partial charge in [0.1, 0.15) is 0 Å². The van der Waals surface area contributed by atoms with Crippen molar-refractivity contribution in [2.45, 2.75) is 40.2 Å². The van der Waals surface area contributed by atoms with Crippen molar-refractivity contribution in [1.82, 2.24) is 4.90 Å². The molecule has 0 unspecified atom stereocenters. The van der Waals surface area contributed by atoms with E-state index in [0.29, 0.717) is 6.42 Å². The molecule has 1 aromatic carbocycles. The Balaban J connectivity index is 2.82. The first-order chi connectivity index (χ1) is 8.45. The van der Waals surface area contributed by atoms with Crippen LogP contribution in [0.15, 0.2) is 18.2 Å². The van der Waals surface area contributed by atoms with Gasteiger partial charge in [0.2, 0.25) is 5.91 Å².